The molecule has 7 unspecified atom stereocenters. The molecule has 0 aromatic rings. The lowest BCUT2D eigenvalue weighted by Crippen LogP contribution is -2.60. The van der Waals surface area contributed by atoms with Gasteiger partial charge < -0.3 is 40.3 Å². The van der Waals surface area contributed by atoms with Gasteiger partial charge >= 0.3 is 0 Å². The molecule has 1 amide bonds. The number of carbonyl (C=O) groups excluding carboxylic acids is 1. The average molecular weight is 956 g/mol. The van der Waals surface area contributed by atoms with Gasteiger partial charge in [-0.2, -0.15) is 0 Å². The summed E-state index contributed by atoms with van der Waals surface area (Å²) < 4.78 is 11.2. The number of unbranched alkanes of at least 4 members (excludes halogenated alkanes) is 27. The number of hydrogen-bond acceptors (Lipinski definition) is 8. The summed E-state index contributed by atoms with van der Waals surface area (Å²) >= 11 is 0. The summed E-state index contributed by atoms with van der Waals surface area (Å²) in [6.45, 7) is 3.57. The maximum absolute atomic E-state index is 13.0. The Balaban J connectivity index is 2.01. The van der Waals surface area contributed by atoms with Crippen LogP contribution >= 0.6 is 0 Å². The van der Waals surface area contributed by atoms with Crippen molar-refractivity contribution in [2.24, 2.45) is 0 Å². The highest BCUT2D eigenvalue weighted by Crippen LogP contribution is 2.23. The van der Waals surface area contributed by atoms with E-state index in [0.29, 0.717) is 6.42 Å². The van der Waals surface area contributed by atoms with E-state index in [1.807, 2.05) is 6.08 Å². The predicted molar refractivity (Wildman–Crippen MR) is 285 cm³/mol. The van der Waals surface area contributed by atoms with Crippen LogP contribution in [0.4, 0.5) is 0 Å². The Morgan fingerprint density at radius 1 is 0.515 bits per heavy atom. The molecule has 9 nitrogen and oxygen atoms in total. The predicted octanol–water partition coefficient (Wildman–Crippen LogP) is 13.7. The second-order valence-corrected chi connectivity index (χ2v) is 19.3. The van der Waals surface area contributed by atoms with E-state index in [-0.39, 0.29) is 12.5 Å². The van der Waals surface area contributed by atoms with Crippen LogP contribution in [-0.2, 0) is 14.3 Å². The van der Waals surface area contributed by atoms with Crippen molar-refractivity contribution < 1.29 is 39.8 Å². The Morgan fingerprint density at radius 3 is 1.41 bits per heavy atom. The molecule has 0 aromatic heterocycles. The van der Waals surface area contributed by atoms with Crippen molar-refractivity contribution in [1.29, 1.82) is 0 Å². The lowest BCUT2D eigenvalue weighted by atomic mass is 9.99. The monoisotopic (exact) mass is 956 g/mol. The van der Waals surface area contributed by atoms with Gasteiger partial charge in [0.25, 0.3) is 0 Å². The topological polar surface area (TPSA) is 149 Å². The number of rotatable bonds is 47. The third-order valence-electron chi connectivity index (χ3n) is 13.0. The van der Waals surface area contributed by atoms with Crippen LogP contribution in [0, 0.1) is 0 Å². The smallest absolute Gasteiger partial charge is 0.220 e. The zero-order valence-electron chi connectivity index (χ0n) is 43.6. The molecule has 0 saturated carbocycles. The molecular weight excluding hydrogens is 851 g/mol. The van der Waals surface area contributed by atoms with E-state index in [4.69, 9.17) is 9.47 Å². The minimum Gasteiger partial charge on any atom is -0.394 e. The maximum Gasteiger partial charge on any atom is 0.220 e. The first-order chi connectivity index (χ1) is 33.3. The van der Waals surface area contributed by atoms with Gasteiger partial charge in [0.1, 0.15) is 24.4 Å². The van der Waals surface area contributed by atoms with E-state index in [1.54, 1.807) is 6.08 Å². The van der Waals surface area contributed by atoms with Crippen LogP contribution in [0.25, 0.3) is 0 Å². The molecule has 1 rings (SSSR count). The Morgan fingerprint density at radius 2 is 0.926 bits per heavy atom. The second kappa shape index (κ2) is 48.3. The Bertz CT molecular complexity index is 1290. The number of hydrogen-bond donors (Lipinski definition) is 6. The lowest BCUT2D eigenvalue weighted by molar-refractivity contribution is -0.302. The fraction of sp³-hybridized carbons (Fsp3) is 0.780. The summed E-state index contributed by atoms with van der Waals surface area (Å²) in [5.74, 6) is -0.189. The molecule has 7 atom stereocenters. The number of allylic oxidation sites excluding steroid dienone is 11. The Labute approximate surface area is 417 Å². The van der Waals surface area contributed by atoms with Crippen molar-refractivity contribution in [2.75, 3.05) is 13.2 Å². The van der Waals surface area contributed by atoms with Crippen LogP contribution in [0.5, 0.6) is 0 Å². The van der Waals surface area contributed by atoms with Crippen LogP contribution < -0.4 is 5.32 Å². The molecule has 1 heterocycles. The van der Waals surface area contributed by atoms with Crippen molar-refractivity contribution in [1.82, 2.24) is 5.32 Å². The highest BCUT2D eigenvalue weighted by molar-refractivity contribution is 5.76. The number of aliphatic hydroxyl groups is 5. The minimum absolute atomic E-state index is 0.189. The average Bonchev–Trinajstić information content (AvgIpc) is 3.34. The van der Waals surface area contributed by atoms with Crippen molar-refractivity contribution in [3.05, 3.63) is 72.9 Å². The molecule has 0 aromatic carbocycles. The zero-order valence-corrected chi connectivity index (χ0v) is 43.6. The first-order valence-corrected chi connectivity index (χ1v) is 28.2. The van der Waals surface area contributed by atoms with Crippen molar-refractivity contribution in [2.45, 2.75) is 281 Å². The molecule has 6 N–H and O–H groups in total. The van der Waals surface area contributed by atoms with E-state index in [2.05, 4.69) is 79.9 Å². The highest BCUT2D eigenvalue weighted by Gasteiger charge is 2.44. The normalized spacial score (nSPS) is 20.1. The molecule has 0 bridgehead atoms. The van der Waals surface area contributed by atoms with Crippen LogP contribution in [-0.4, -0.2) is 87.5 Å². The number of aliphatic hydroxyl groups excluding tert-OH is 5. The summed E-state index contributed by atoms with van der Waals surface area (Å²) in [5.41, 5.74) is 0. The SMILES string of the molecule is CC/C=C\C/C=C\C/C=C\C/C=C\CCCCCCCCCCCCCCCCCCCCCCCCCCC(=O)NC(COC1OC(CO)C(O)C(O)C1O)C(O)/C=C/CC/C=C/CCCC. The lowest BCUT2D eigenvalue weighted by Gasteiger charge is -2.40. The van der Waals surface area contributed by atoms with Crippen molar-refractivity contribution in [3.63, 3.8) is 0 Å². The number of ether oxygens (including phenoxy) is 2. The van der Waals surface area contributed by atoms with Gasteiger partial charge in [0, 0.05) is 6.42 Å². The standard InChI is InChI=1S/C59H105NO8/c1-3-5-7-9-11-13-14-15-16-17-18-19-20-21-22-23-24-25-26-27-28-29-30-31-32-33-34-35-36-37-38-39-40-41-43-45-47-49-55(63)60-52(53(62)48-46-44-42-12-10-8-6-4-2)51-67-59-58(66)57(65)56(64)54(50-61)68-59/h5,7,10-13,15-16,18-19,46,48,52-54,56-59,61-62,64-66H,3-4,6,8-9,14,17,20-45,47,49-51H2,1-2H3,(H,60,63)/b7-5-,12-10+,13-11-,16-15-,19-18-,48-46+. The van der Waals surface area contributed by atoms with E-state index in [1.165, 1.54) is 148 Å². The molecular formula is C59H105NO8. The van der Waals surface area contributed by atoms with Gasteiger partial charge in [-0.15, -0.1) is 0 Å². The largest absolute Gasteiger partial charge is 0.394 e. The third kappa shape index (κ3) is 37.5. The quantitative estimate of drug-likeness (QED) is 0.0261. The van der Waals surface area contributed by atoms with E-state index >= 15 is 0 Å². The van der Waals surface area contributed by atoms with E-state index in [9.17, 15) is 30.3 Å². The van der Waals surface area contributed by atoms with Crippen LogP contribution in [0.2, 0.25) is 0 Å². The summed E-state index contributed by atoms with van der Waals surface area (Å²) in [7, 11) is 0. The molecule has 1 saturated heterocycles. The molecule has 0 spiro atoms. The molecule has 0 aliphatic carbocycles. The summed E-state index contributed by atoms with van der Waals surface area (Å²) in [6, 6.07) is -0.819. The summed E-state index contributed by atoms with van der Waals surface area (Å²) in [6.07, 6.45) is 60.3. The van der Waals surface area contributed by atoms with Crippen LogP contribution in [0.1, 0.15) is 239 Å². The zero-order chi connectivity index (χ0) is 49.4. The van der Waals surface area contributed by atoms with Gasteiger partial charge in [-0.05, 0) is 64.2 Å². The molecule has 1 aliphatic heterocycles. The maximum atomic E-state index is 13.0. The molecule has 9 heteroatoms. The van der Waals surface area contributed by atoms with Gasteiger partial charge in [0.2, 0.25) is 5.91 Å². The molecule has 68 heavy (non-hydrogen) atoms. The number of carbonyl (C=O) groups is 1. The Hall–Kier alpha value is -2.37. The van der Waals surface area contributed by atoms with Crippen molar-refractivity contribution >= 4 is 5.91 Å². The Kier molecular flexibility index (Phi) is 45.2. The van der Waals surface area contributed by atoms with Gasteiger partial charge in [-0.25, -0.2) is 0 Å². The summed E-state index contributed by atoms with van der Waals surface area (Å²) in [5, 5.41) is 54.1. The molecule has 1 fully saturated rings. The van der Waals surface area contributed by atoms with E-state index in [0.717, 1.165) is 70.6 Å². The first kappa shape index (κ1) is 63.6. The fourth-order valence-electron chi connectivity index (χ4n) is 8.56. The van der Waals surface area contributed by atoms with Crippen molar-refractivity contribution in [3.8, 4) is 0 Å². The van der Waals surface area contributed by atoms with Gasteiger partial charge in [-0.3, -0.25) is 4.79 Å². The van der Waals surface area contributed by atoms with Gasteiger partial charge in [-0.1, -0.05) is 241 Å². The molecule has 0 radical (unpaired) electrons. The molecule has 394 valence electrons. The fourth-order valence-corrected chi connectivity index (χ4v) is 8.56. The highest BCUT2D eigenvalue weighted by atomic mass is 16.7. The minimum atomic E-state index is -1.57. The van der Waals surface area contributed by atoms with Gasteiger partial charge in [0.15, 0.2) is 6.29 Å². The number of nitrogens with one attached hydrogen (secondary N) is 1. The van der Waals surface area contributed by atoms with Crippen LogP contribution in [0.3, 0.4) is 0 Å². The number of amides is 1. The van der Waals surface area contributed by atoms with E-state index < -0.39 is 49.5 Å². The molecule has 1 aliphatic rings. The summed E-state index contributed by atoms with van der Waals surface area (Å²) in [4.78, 5) is 13.0. The van der Waals surface area contributed by atoms with Crippen LogP contribution in [0.15, 0.2) is 72.9 Å². The van der Waals surface area contributed by atoms with Gasteiger partial charge in [0.05, 0.1) is 25.4 Å². The first-order valence-electron chi connectivity index (χ1n) is 28.2. The third-order valence-corrected chi connectivity index (χ3v) is 13.0. The second-order valence-electron chi connectivity index (χ2n) is 19.3.